The molecule has 0 amide bonds. The molecule has 0 aliphatic heterocycles. The lowest BCUT2D eigenvalue weighted by molar-refractivity contribution is 0.318. The molecule has 2 rings (SSSR count). The van der Waals surface area contributed by atoms with E-state index < -0.39 is 0 Å². The van der Waals surface area contributed by atoms with E-state index in [1.54, 1.807) is 0 Å². The maximum Gasteiger partial charge on any atom is 0.170 e. The van der Waals surface area contributed by atoms with Crippen molar-refractivity contribution in [3.05, 3.63) is 36.0 Å². The van der Waals surface area contributed by atoms with Crippen LogP contribution < -0.4 is 5.73 Å². The van der Waals surface area contributed by atoms with Crippen LogP contribution in [0.3, 0.4) is 0 Å². The van der Waals surface area contributed by atoms with E-state index in [-0.39, 0.29) is 5.84 Å². The molecule has 14 heavy (non-hydrogen) atoms. The predicted molar refractivity (Wildman–Crippen MR) is 55.4 cm³/mol. The van der Waals surface area contributed by atoms with Gasteiger partial charge in [0.1, 0.15) is 0 Å². The smallest absolute Gasteiger partial charge is 0.170 e. The van der Waals surface area contributed by atoms with Gasteiger partial charge in [0.15, 0.2) is 5.84 Å². The summed E-state index contributed by atoms with van der Waals surface area (Å²) >= 11 is 0. The number of hydrogen-bond acceptors (Lipinski definition) is 2. The van der Waals surface area contributed by atoms with Crippen LogP contribution in [0.25, 0.3) is 10.9 Å². The number of benzene rings is 1. The second-order valence-corrected chi connectivity index (χ2v) is 3.19. The van der Waals surface area contributed by atoms with Crippen LogP contribution in [0, 0.1) is 0 Å². The summed E-state index contributed by atoms with van der Waals surface area (Å²) < 4.78 is 1.99. The average Bonchev–Trinajstić information content (AvgIpc) is 2.59. The molecule has 0 spiro atoms. The average molecular weight is 189 g/mol. The second kappa shape index (κ2) is 3.06. The number of hydrogen-bond donors (Lipinski definition) is 2. The molecule has 72 valence electrons. The summed E-state index contributed by atoms with van der Waals surface area (Å²) in [5.74, 6) is 0.133. The normalized spacial score (nSPS) is 12.2. The van der Waals surface area contributed by atoms with E-state index in [4.69, 9.17) is 10.9 Å². The highest BCUT2D eigenvalue weighted by Crippen LogP contribution is 2.16. The molecule has 4 heteroatoms. The first kappa shape index (κ1) is 8.62. The van der Waals surface area contributed by atoms with Crippen LogP contribution in [0.5, 0.6) is 0 Å². The Labute approximate surface area is 81.2 Å². The molecule has 3 N–H and O–H groups in total. The molecule has 0 aliphatic rings. The third-order valence-corrected chi connectivity index (χ3v) is 2.29. The van der Waals surface area contributed by atoms with Crippen LogP contribution in [0.2, 0.25) is 0 Å². The zero-order chi connectivity index (χ0) is 10.1. The number of aromatic nitrogens is 1. The molecule has 2 aromatic rings. The van der Waals surface area contributed by atoms with Gasteiger partial charge in [-0.2, -0.15) is 0 Å². The summed E-state index contributed by atoms with van der Waals surface area (Å²) in [6.45, 7) is 0. The van der Waals surface area contributed by atoms with Gasteiger partial charge in [0, 0.05) is 24.3 Å². The van der Waals surface area contributed by atoms with Crippen LogP contribution in [-0.2, 0) is 7.05 Å². The van der Waals surface area contributed by atoms with E-state index in [0.29, 0.717) is 0 Å². The molecule has 0 saturated carbocycles. The predicted octanol–water partition coefficient (Wildman–Crippen LogP) is 1.27. The van der Waals surface area contributed by atoms with Crippen molar-refractivity contribution in [3.8, 4) is 0 Å². The molecule has 0 fully saturated rings. The lowest BCUT2D eigenvalue weighted by atomic mass is 10.1. The number of oxime groups is 1. The van der Waals surface area contributed by atoms with Gasteiger partial charge in [-0.3, -0.25) is 0 Å². The summed E-state index contributed by atoms with van der Waals surface area (Å²) in [6.07, 6.45) is 1.97. The van der Waals surface area contributed by atoms with Crippen molar-refractivity contribution in [2.24, 2.45) is 17.9 Å². The highest BCUT2D eigenvalue weighted by Gasteiger charge is 2.02. The molecule has 0 saturated heterocycles. The number of rotatable bonds is 1. The Morgan fingerprint density at radius 1 is 1.43 bits per heavy atom. The molecule has 0 radical (unpaired) electrons. The Hall–Kier alpha value is -1.97. The molecular formula is C10H11N3O. The summed E-state index contributed by atoms with van der Waals surface area (Å²) in [4.78, 5) is 0. The van der Waals surface area contributed by atoms with Crippen molar-refractivity contribution < 1.29 is 5.21 Å². The van der Waals surface area contributed by atoms with Gasteiger partial charge in [-0.05, 0) is 17.5 Å². The number of aryl methyl sites for hydroxylation is 1. The minimum Gasteiger partial charge on any atom is -0.409 e. The lowest BCUT2D eigenvalue weighted by Gasteiger charge is -2.00. The van der Waals surface area contributed by atoms with Crippen molar-refractivity contribution in [2.45, 2.75) is 0 Å². The Morgan fingerprint density at radius 2 is 2.21 bits per heavy atom. The van der Waals surface area contributed by atoms with E-state index in [2.05, 4.69) is 5.16 Å². The van der Waals surface area contributed by atoms with Crippen molar-refractivity contribution in [3.63, 3.8) is 0 Å². The Bertz CT molecular complexity index is 499. The number of fused-ring (bicyclic) bond motifs is 1. The maximum absolute atomic E-state index is 8.54. The Kier molecular flexibility index (Phi) is 1.89. The van der Waals surface area contributed by atoms with Crippen LogP contribution in [0.1, 0.15) is 5.56 Å². The molecule has 1 heterocycles. The van der Waals surface area contributed by atoms with Gasteiger partial charge in [-0.1, -0.05) is 17.3 Å². The number of nitrogens with two attached hydrogens (primary N) is 1. The van der Waals surface area contributed by atoms with Gasteiger partial charge in [-0.15, -0.1) is 0 Å². The zero-order valence-electron chi connectivity index (χ0n) is 7.81. The second-order valence-electron chi connectivity index (χ2n) is 3.19. The van der Waals surface area contributed by atoms with E-state index in [1.165, 1.54) is 0 Å². The Balaban J connectivity index is 2.66. The molecule has 0 atom stereocenters. The van der Waals surface area contributed by atoms with Crippen LogP contribution in [-0.4, -0.2) is 15.6 Å². The number of nitrogens with zero attached hydrogens (tertiary/aromatic N) is 2. The number of amidine groups is 1. The third-order valence-electron chi connectivity index (χ3n) is 2.29. The SMILES string of the molecule is Cn1ccc2ccc(C(N)=NO)cc21. The van der Waals surface area contributed by atoms with Gasteiger partial charge in [-0.25, -0.2) is 0 Å². The van der Waals surface area contributed by atoms with E-state index in [1.807, 2.05) is 42.1 Å². The molecule has 1 aromatic carbocycles. The monoisotopic (exact) mass is 189 g/mol. The molecule has 0 unspecified atom stereocenters. The fourth-order valence-electron chi connectivity index (χ4n) is 1.48. The minimum absolute atomic E-state index is 0.133. The zero-order valence-corrected chi connectivity index (χ0v) is 7.81. The van der Waals surface area contributed by atoms with Gasteiger partial charge >= 0.3 is 0 Å². The lowest BCUT2D eigenvalue weighted by Crippen LogP contribution is -2.12. The Morgan fingerprint density at radius 3 is 2.93 bits per heavy atom. The van der Waals surface area contributed by atoms with E-state index >= 15 is 0 Å². The molecule has 0 aliphatic carbocycles. The minimum atomic E-state index is 0.133. The van der Waals surface area contributed by atoms with Crippen LogP contribution >= 0.6 is 0 Å². The third kappa shape index (κ3) is 1.21. The standard InChI is InChI=1S/C10H11N3O/c1-13-5-4-7-2-3-8(6-9(7)13)10(11)12-14/h2-6,14H,1H3,(H2,11,12). The summed E-state index contributed by atoms with van der Waals surface area (Å²) in [5, 5.41) is 12.6. The molecule has 0 bridgehead atoms. The first-order valence-electron chi connectivity index (χ1n) is 4.25. The quantitative estimate of drug-likeness (QED) is 0.307. The highest BCUT2D eigenvalue weighted by molar-refractivity contribution is 6.00. The van der Waals surface area contributed by atoms with Crippen molar-refractivity contribution in [1.29, 1.82) is 0 Å². The van der Waals surface area contributed by atoms with Crippen LogP contribution in [0.4, 0.5) is 0 Å². The van der Waals surface area contributed by atoms with Crippen LogP contribution in [0.15, 0.2) is 35.6 Å². The fourth-order valence-corrected chi connectivity index (χ4v) is 1.48. The largest absolute Gasteiger partial charge is 0.409 e. The maximum atomic E-state index is 8.54. The van der Waals surface area contributed by atoms with E-state index in [0.717, 1.165) is 16.5 Å². The first-order valence-corrected chi connectivity index (χ1v) is 4.25. The molecular weight excluding hydrogens is 178 g/mol. The highest BCUT2D eigenvalue weighted by atomic mass is 16.4. The molecule has 1 aromatic heterocycles. The van der Waals surface area contributed by atoms with Gasteiger partial charge < -0.3 is 15.5 Å². The molecule has 4 nitrogen and oxygen atoms in total. The van der Waals surface area contributed by atoms with Crippen molar-refractivity contribution in [1.82, 2.24) is 4.57 Å². The summed E-state index contributed by atoms with van der Waals surface area (Å²) in [6, 6.07) is 7.69. The summed E-state index contributed by atoms with van der Waals surface area (Å²) in [7, 11) is 1.96. The fraction of sp³-hybridized carbons (Fsp3) is 0.100. The summed E-state index contributed by atoms with van der Waals surface area (Å²) in [5.41, 5.74) is 7.28. The van der Waals surface area contributed by atoms with E-state index in [9.17, 15) is 0 Å². The van der Waals surface area contributed by atoms with Crippen molar-refractivity contribution >= 4 is 16.7 Å². The van der Waals surface area contributed by atoms with Crippen molar-refractivity contribution in [2.75, 3.05) is 0 Å². The van der Waals surface area contributed by atoms with Gasteiger partial charge in [0.25, 0.3) is 0 Å². The van der Waals surface area contributed by atoms with Gasteiger partial charge in [0.05, 0.1) is 0 Å². The topological polar surface area (TPSA) is 63.5 Å². The first-order chi connectivity index (χ1) is 6.72. The van der Waals surface area contributed by atoms with Gasteiger partial charge in [0.2, 0.25) is 0 Å².